The van der Waals surface area contributed by atoms with Gasteiger partial charge in [-0.05, 0) is 56.2 Å². The van der Waals surface area contributed by atoms with Gasteiger partial charge in [0, 0.05) is 50.1 Å². The number of unbranched alkanes of at least 4 members (excludes halogenated alkanes) is 3. The van der Waals surface area contributed by atoms with E-state index in [9.17, 15) is 4.79 Å². The first kappa shape index (κ1) is 28.3. The molecular formula is C31H39N5O3S. The quantitative estimate of drug-likeness (QED) is 0.147. The van der Waals surface area contributed by atoms with Crippen molar-refractivity contribution in [3.8, 4) is 21.8 Å². The van der Waals surface area contributed by atoms with Crippen molar-refractivity contribution in [1.29, 1.82) is 0 Å². The first-order valence-corrected chi connectivity index (χ1v) is 15.2. The predicted octanol–water partition coefficient (Wildman–Crippen LogP) is 6.37. The van der Waals surface area contributed by atoms with Crippen LogP contribution in [0.15, 0.2) is 54.7 Å². The average Bonchev–Trinajstić information content (AvgIpc) is 3.58. The Bertz CT molecular complexity index is 1340. The monoisotopic (exact) mass is 561 g/mol. The predicted molar refractivity (Wildman–Crippen MR) is 161 cm³/mol. The zero-order chi connectivity index (χ0) is 27.9. The van der Waals surface area contributed by atoms with Crippen molar-refractivity contribution >= 4 is 28.0 Å². The molecule has 5 rings (SSSR count). The van der Waals surface area contributed by atoms with Crippen molar-refractivity contribution < 1.29 is 14.3 Å². The molecule has 1 aliphatic rings. The summed E-state index contributed by atoms with van der Waals surface area (Å²) in [6, 6.07) is 16.0. The summed E-state index contributed by atoms with van der Waals surface area (Å²) in [5.74, 6) is -0.313. The van der Waals surface area contributed by atoms with Crippen LogP contribution in [0.25, 0.3) is 26.8 Å². The van der Waals surface area contributed by atoms with Crippen LogP contribution in [0.5, 0.6) is 0 Å². The summed E-state index contributed by atoms with van der Waals surface area (Å²) in [6.07, 6.45) is 8.38. The molecule has 0 N–H and O–H groups in total. The van der Waals surface area contributed by atoms with E-state index >= 15 is 0 Å². The number of benzene rings is 2. The maximum Gasteiger partial charge on any atom is 0.338 e. The van der Waals surface area contributed by atoms with Gasteiger partial charge in [-0.3, -0.25) is 4.90 Å². The van der Waals surface area contributed by atoms with E-state index in [1.165, 1.54) is 31.4 Å². The lowest BCUT2D eigenvalue weighted by Gasteiger charge is -2.39. The fourth-order valence-electron chi connectivity index (χ4n) is 5.23. The summed E-state index contributed by atoms with van der Waals surface area (Å²) < 4.78 is 12.7. The van der Waals surface area contributed by atoms with Crippen LogP contribution in [0.1, 0.15) is 56.3 Å². The van der Waals surface area contributed by atoms with E-state index in [4.69, 9.17) is 19.6 Å². The Morgan fingerprint density at radius 1 is 0.950 bits per heavy atom. The van der Waals surface area contributed by atoms with Crippen molar-refractivity contribution in [3.05, 3.63) is 60.3 Å². The maximum atomic E-state index is 11.9. The van der Waals surface area contributed by atoms with Crippen LogP contribution in [-0.4, -0.2) is 71.6 Å². The van der Waals surface area contributed by atoms with Gasteiger partial charge in [-0.1, -0.05) is 49.7 Å². The standard InChI is InChI=1S/C31H39N5O3S/c1-4-6-7-8-9-28(38-3)35-20-18-34(19-21-35)26-16-14-24(15-17-26)29-33-36-22-27(32-31(36)40-29)23-10-12-25(13-11-23)30(37)39-5-2/h10-17,22,28H,4-9,18-21H2,1-3H3. The molecule has 0 saturated carbocycles. The Kier molecular flexibility index (Phi) is 9.46. The minimum atomic E-state index is -0.313. The second-order valence-corrected chi connectivity index (χ2v) is 11.1. The number of aromatic nitrogens is 3. The molecule has 3 heterocycles. The molecule has 40 heavy (non-hydrogen) atoms. The van der Waals surface area contributed by atoms with Crippen LogP contribution in [0.3, 0.4) is 0 Å². The second-order valence-electron chi connectivity index (χ2n) is 10.2. The molecule has 1 aliphatic heterocycles. The van der Waals surface area contributed by atoms with Gasteiger partial charge in [0.25, 0.3) is 0 Å². The van der Waals surface area contributed by atoms with Crippen LogP contribution in [-0.2, 0) is 9.47 Å². The number of carbonyl (C=O) groups is 1. The molecule has 0 radical (unpaired) electrons. The van der Waals surface area contributed by atoms with Crippen molar-refractivity contribution in [2.75, 3.05) is 44.8 Å². The number of piperazine rings is 1. The molecule has 9 heteroatoms. The van der Waals surface area contributed by atoms with Gasteiger partial charge in [0.2, 0.25) is 4.96 Å². The highest BCUT2D eigenvalue weighted by molar-refractivity contribution is 7.19. The number of carbonyl (C=O) groups excluding carboxylic acids is 1. The van der Waals surface area contributed by atoms with Gasteiger partial charge in [-0.15, -0.1) is 0 Å². The Morgan fingerprint density at radius 2 is 1.68 bits per heavy atom. The number of rotatable bonds is 12. The third-order valence-electron chi connectivity index (χ3n) is 7.51. The molecule has 0 spiro atoms. The topological polar surface area (TPSA) is 72.2 Å². The number of hydrogen-bond acceptors (Lipinski definition) is 8. The zero-order valence-corrected chi connectivity index (χ0v) is 24.5. The van der Waals surface area contributed by atoms with Crippen LogP contribution >= 0.6 is 11.3 Å². The van der Waals surface area contributed by atoms with Crippen molar-refractivity contribution in [3.63, 3.8) is 0 Å². The molecule has 0 amide bonds. The highest BCUT2D eigenvalue weighted by Crippen LogP contribution is 2.30. The van der Waals surface area contributed by atoms with Gasteiger partial charge in [-0.2, -0.15) is 5.10 Å². The largest absolute Gasteiger partial charge is 0.462 e. The van der Waals surface area contributed by atoms with Crippen LogP contribution < -0.4 is 4.90 Å². The van der Waals surface area contributed by atoms with Gasteiger partial charge in [-0.25, -0.2) is 14.3 Å². The lowest BCUT2D eigenvalue weighted by molar-refractivity contribution is -0.0412. The third kappa shape index (κ3) is 6.54. The summed E-state index contributed by atoms with van der Waals surface area (Å²) in [5.41, 5.74) is 4.63. The summed E-state index contributed by atoms with van der Waals surface area (Å²) in [5, 5.41) is 5.72. The molecule has 0 bridgehead atoms. The molecule has 0 aliphatic carbocycles. The number of esters is 1. The van der Waals surface area contributed by atoms with E-state index in [2.05, 4.69) is 41.0 Å². The van der Waals surface area contributed by atoms with Gasteiger partial charge in [0.05, 0.1) is 24.1 Å². The van der Waals surface area contributed by atoms with E-state index < -0.39 is 0 Å². The fourth-order valence-corrected chi connectivity index (χ4v) is 6.11. The van der Waals surface area contributed by atoms with E-state index in [-0.39, 0.29) is 12.2 Å². The Balaban J connectivity index is 1.18. The number of ether oxygens (including phenoxy) is 2. The highest BCUT2D eigenvalue weighted by atomic mass is 32.1. The van der Waals surface area contributed by atoms with Crippen LogP contribution in [0.2, 0.25) is 0 Å². The minimum Gasteiger partial charge on any atom is -0.462 e. The Hall–Kier alpha value is -3.27. The smallest absolute Gasteiger partial charge is 0.338 e. The summed E-state index contributed by atoms with van der Waals surface area (Å²) >= 11 is 1.57. The molecule has 212 valence electrons. The maximum absolute atomic E-state index is 11.9. The van der Waals surface area contributed by atoms with Crippen molar-refractivity contribution in [2.45, 2.75) is 52.2 Å². The summed E-state index contributed by atoms with van der Waals surface area (Å²) in [7, 11) is 1.84. The first-order chi connectivity index (χ1) is 19.6. The number of methoxy groups -OCH3 is 1. The van der Waals surface area contributed by atoms with E-state index in [1.807, 2.05) is 30.0 Å². The molecular weight excluding hydrogens is 522 g/mol. The van der Waals surface area contributed by atoms with E-state index in [1.54, 1.807) is 30.4 Å². The van der Waals surface area contributed by atoms with Crippen LogP contribution in [0, 0.1) is 0 Å². The number of hydrogen-bond donors (Lipinski definition) is 0. The molecule has 1 saturated heterocycles. The molecule has 4 aromatic rings. The van der Waals surface area contributed by atoms with Crippen molar-refractivity contribution in [1.82, 2.24) is 19.5 Å². The number of imidazole rings is 1. The van der Waals surface area contributed by atoms with Gasteiger partial charge in [0.15, 0.2) is 0 Å². The zero-order valence-electron chi connectivity index (χ0n) is 23.7. The SMILES string of the molecule is CCCCCCC(OC)N1CCN(c2ccc(-c3nn4cc(-c5ccc(C(=O)OCC)cc5)nc4s3)cc2)CC1. The molecule has 2 aromatic heterocycles. The van der Waals surface area contributed by atoms with Gasteiger partial charge >= 0.3 is 5.97 Å². The number of fused-ring (bicyclic) bond motifs is 1. The molecule has 1 fully saturated rings. The van der Waals surface area contributed by atoms with E-state index in [0.29, 0.717) is 12.2 Å². The summed E-state index contributed by atoms with van der Waals surface area (Å²) in [6.45, 7) is 8.46. The normalized spacial score (nSPS) is 15.0. The van der Waals surface area contributed by atoms with Gasteiger partial charge in [0.1, 0.15) is 11.2 Å². The lowest BCUT2D eigenvalue weighted by Crippen LogP contribution is -2.51. The van der Waals surface area contributed by atoms with E-state index in [0.717, 1.165) is 59.4 Å². The molecule has 1 unspecified atom stereocenters. The summed E-state index contributed by atoms with van der Waals surface area (Å²) in [4.78, 5) is 22.5. The van der Waals surface area contributed by atoms with Crippen LogP contribution in [0.4, 0.5) is 5.69 Å². The molecule has 8 nitrogen and oxygen atoms in total. The Morgan fingerprint density at radius 3 is 2.33 bits per heavy atom. The number of anilines is 1. The first-order valence-electron chi connectivity index (χ1n) is 14.4. The fraction of sp³-hybridized carbons (Fsp3) is 0.452. The Labute approximate surface area is 240 Å². The highest BCUT2D eigenvalue weighted by Gasteiger charge is 2.23. The third-order valence-corrected chi connectivity index (χ3v) is 8.48. The lowest BCUT2D eigenvalue weighted by atomic mass is 10.1. The van der Waals surface area contributed by atoms with Gasteiger partial charge < -0.3 is 14.4 Å². The van der Waals surface area contributed by atoms with Crippen molar-refractivity contribution in [2.24, 2.45) is 0 Å². The second kappa shape index (κ2) is 13.4. The number of nitrogens with zero attached hydrogens (tertiary/aromatic N) is 5. The molecule has 1 atom stereocenters. The minimum absolute atomic E-state index is 0.231. The average molecular weight is 562 g/mol. The molecule has 2 aromatic carbocycles.